The first-order valence-corrected chi connectivity index (χ1v) is 15.4. The van der Waals surface area contributed by atoms with Gasteiger partial charge in [0.05, 0.1) is 0 Å². The van der Waals surface area contributed by atoms with Gasteiger partial charge in [0.25, 0.3) is 0 Å². The van der Waals surface area contributed by atoms with Crippen molar-refractivity contribution in [3.8, 4) is 0 Å². The number of nitrogens with zero attached hydrogens (tertiary/aromatic N) is 1. The van der Waals surface area contributed by atoms with Crippen LogP contribution in [0.3, 0.4) is 0 Å². The normalized spacial score (nSPS) is 54.8. The van der Waals surface area contributed by atoms with Crippen LogP contribution in [0, 0.1) is 34.0 Å². The summed E-state index contributed by atoms with van der Waals surface area (Å²) in [5, 5.41) is 0. The zero-order valence-electron chi connectivity index (χ0n) is 21.9. The SMILES string of the molecule is CC1=C2CC34CCC(C5CCCCC5)C2(CC1)C3(C)CC1=CCC2=C1C4N1CC13CCCC3C2. The van der Waals surface area contributed by atoms with Gasteiger partial charge in [-0.2, -0.15) is 0 Å². The van der Waals surface area contributed by atoms with Crippen molar-refractivity contribution in [1.82, 2.24) is 4.90 Å². The van der Waals surface area contributed by atoms with E-state index in [1.165, 1.54) is 90.0 Å². The summed E-state index contributed by atoms with van der Waals surface area (Å²) in [6, 6.07) is 0.771. The highest BCUT2D eigenvalue weighted by atomic mass is 15.4. The van der Waals surface area contributed by atoms with Gasteiger partial charge in [-0.05, 0) is 105 Å². The zero-order valence-corrected chi connectivity index (χ0v) is 21.9. The maximum Gasteiger partial charge on any atom is 0.0422 e. The number of allylic oxidation sites excluding steroid dienone is 4. The molecule has 1 heteroatoms. The minimum atomic E-state index is 0.491. The van der Waals surface area contributed by atoms with Crippen molar-refractivity contribution < 1.29 is 0 Å². The lowest BCUT2D eigenvalue weighted by molar-refractivity contribution is -0.137. The molecule has 6 fully saturated rings. The lowest BCUT2D eigenvalue weighted by atomic mass is 9.39. The van der Waals surface area contributed by atoms with E-state index < -0.39 is 0 Å². The predicted octanol–water partition coefficient (Wildman–Crippen LogP) is 8.13. The van der Waals surface area contributed by atoms with Gasteiger partial charge in [-0.3, -0.25) is 4.90 Å². The lowest BCUT2D eigenvalue weighted by Crippen LogP contribution is -2.62. The molecule has 2 spiro atoms. The predicted molar refractivity (Wildman–Crippen MR) is 138 cm³/mol. The van der Waals surface area contributed by atoms with Crippen LogP contribution in [0.25, 0.3) is 0 Å². The fraction of sp³-hybridized carbons (Fsp3) is 0.818. The fourth-order valence-corrected chi connectivity index (χ4v) is 13.3. The zero-order chi connectivity index (χ0) is 22.5. The van der Waals surface area contributed by atoms with Crippen molar-refractivity contribution in [3.63, 3.8) is 0 Å². The largest absolute Gasteiger partial charge is 0.287 e. The highest BCUT2D eigenvalue weighted by Gasteiger charge is 2.80. The van der Waals surface area contributed by atoms with Crippen molar-refractivity contribution in [2.75, 3.05) is 6.54 Å². The molecular formula is C33H45N. The van der Waals surface area contributed by atoms with Gasteiger partial charge in [0, 0.05) is 29.0 Å². The average molecular weight is 456 g/mol. The molecule has 5 saturated carbocycles. The van der Waals surface area contributed by atoms with Crippen molar-refractivity contribution in [1.29, 1.82) is 0 Å². The number of rotatable bonds is 1. The fourth-order valence-electron chi connectivity index (χ4n) is 13.3. The molecule has 0 radical (unpaired) electrons. The van der Waals surface area contributed by atoms with Crippen molar-refractivity contribution >= 4 is 0 Å². The van der Waals surface area contributed by atoms with Crippen molar-refractivity contribution in [3.05, 3.63) is 33.9 Å². The first-order chi connectivity index (χ1) is 16.5. The average Bonchev–Trinajstić information content (AvgIpc) is 2.99. The molecule has 182 valence electrons. The van der Waals surface area contributed by atoms with Crippen LogP contribution in [0.4, 0.5) is 0 Å². The second-order valence-corrected chi connectivity index (χ2v) is 15.0. The van der Waals surface area contributed by atoms with Gasteiger partial charge in [-0.1, -0.05) is 68.2 Å². The van der Waals surface area contributed by atoms with Crippen molar-refractivity contribution in [2.24, 2.45) is 34.0 Å². The molecule has 0 aromatic rings. The molecule has 34 heavy (non-hydrogen) atoms. The highest BCUT2D eigenvalue weighted by Crippen LogP contribution is 2.84. The molecule has 0 aromatic carbocycles. The van der Waals surface area contributed by atoms with Gasteiger partial charge < -0.3 is 0 Å². The van der Waals surface area contributed by atoms with Crippen LogP contribution in [0.5, 0.6) is 0 Å². The smallest absolute Gasteiger partial charge is 0.0422 e. The van der Waals surface area contributed by atoms with E-state index in [4.69, 9.17) is 0 Å². The van der Waals surface area contributed by atoms with Gasteiger partial charge in [-0.15, -0.1) is 0 Å². The summed E-state index contributed by atoms with van der Waals surface area (Å²) >= 11 is 0. The Balaban J connectivity index is 1.26. The summed E-state index contributed by atoms with van der Waals surface area (Å²) in [5.74, 6) is 2.99. The van der Waals surface area contributed by atoms with E-state index in [2.05, 4.69) is 24.8 Å². The standard InChI is InChI=1S/C33H45N/c1-21-12-16-33-26(22-7-4-3-5-8-22)13-15-31(19-27(21)33)29-28-23(10-11-24(28)18-30(31,33)2)17-25-9-6-14-32(25)20-34(29)32/h11,22,25-26,29H,3-10,12-20H2,1-2H3. The number of hydrogen-bond acceptors (Lipinski definition) is 1. The third-order valence-corrected chi connectivity index (χ3v) is 14.6. The van der Waals surface area contributed by atoms with E-state index in [-0.39, 0.29) is 0 Å². The maximum atomic E-state index is 3.18. The Hall–Kier alpha value is -0.820. The van der Waals surface area contributed by atoms with Gasteiger partial charge >= 0.3 is 0 Å². The monoisotopic (exact) mass is 455 g/mol. The second-order valence-electron chi connectivity index (χ2n) is 15.0. The molecule has 0 N–H and O–H groups in total. The molecule has 1 nitrogen and oxygen atoms in total. The van der Waals surface area contributed by atoms with E-state index in [1.807, 2.05) is 27.9 Å². The van der Waals surface area contributed by atoms with Crippen LogP contribution in [0.1, 0.15) is 117 Å². The Labute approximate surface area is 207 Å². The van der Waals surface area contributed by atoms with E-state index in [1.54, 1.807) is 19.3 Å². The molecule has 0 amide bonds. The van der Waals surface area contributed by atoms with Crippen LogP contribution in [0.2, 0.25) is 0 Å². The molecule has 9 aliphatic rings. The molecule has 0 aromatic heterocycles. The Kier molecular flexibility index (Phi) is 3.68. The molecule has 8 atom stereocenters. The molecule has 7 aliphatic carbocycles. The van der Waals surface area contributed by atoms with Crippen LogP contribution in [-0.2, 0) is 0 Å². The second kappa shape index (κ2) is 6.17. The molecule has 9 rings (SSSR count). The van der Waals surface area contributed by atoms with Crippen LogP contribution in [-0.4, -0.2) is 23.0 Å². The Morgan fingerprint density at radius 1 is 0.941 bits per heavy atom. The number of fused-ring (bicyclic) bond motifs is 1. The third kappa shape index (κ3) is 1.97. The van der Waals surface area contributed by atoms with Crippen LogP contribution >= 0.6 is 0 Å². The summed E-state index contributed by atoms with van der Waals surface area (Å²) < 4.78 is 0. The van der Waals surface area contributed by atoms with Crippen molar-refractivity contribution in [2.45, 2.75) is 128 Å². The summed E-state index contributed by atoms with van der Waals surface area (Å²) in [4.78, 5) is 3.18. The molecule has 2 bridgehead atoms. The van der Waals surface area contributed by atoms with Crippen LogP contribution in [0.15, 0.2) is 33.9 Å². The molecule has 2 heterocycles. The Morgan fingerprint density at radius 2 is 1.82 bits per heavy atom. The van der Waals surface area contributed by atoms with E-state index in [0.29, 0.717) is 21.8 Å². The Bertz CT molecular complexity index is 1080. The molecular weight excluding hydrogens is 410 g/mol. The maximum absolute atomic E-state index is 3.18. The van der Waals surface area contributed by atoms with Gasteiger partial charge in [0.1, 0.15) is 0 Å². The van der Waals surface area contributed by atoms with Gasteiger partial charge in [0.15, 0.2) is 0 Å². The summed E-state index contributed by atoms with van der Waals surface area (Å²) in [7, 11) is 0. The third-order valence-electron chi connectivity index (χ3n) is 14.6. The minimum absolute atomic E-state index is 0.491. The highest BCUT2D eigenvalue weighted by molar-refractivity contribution is 5.58. The topological polar surface area (TPSA) is 3.01 Å². The van der Waals surface area contributed by atoms with Gasteiger partial charge in [0.2, 0.25) is 0 Å². The minimum Gasteiger partial charge on any atom is -0.287 e. The lowest BCUT2D eigenvalue weighted by Gasteiger charge is -2.66. The first-order valence-electron chi connectivity index (χ1n) is 15.4. The summed E-state index contributed by atoms with van der Waals surface area (Å²) in [6.45, 7) is 6.90. The summed E-state index contributed by atoms with van der Waals surface area (Å²) in [5.41, 5.74) is 11.8. The summed E-state index contributed by atoms with van der Waals surface area (Å²) in [6.07, 6.45) is 26.6. The molecule has 2 aliphatic heterocycles. The molecule has 1 saturated heterocycles. The van der Waals surface area contributed by atoms with E-state index >= 15 is 0 Å². The van der Waals surface area contributed by atoms with E-state index in [9.17, 15) is 0 Å². The number of hydrogen-bond donors (Lipinski definition) is 0. The van der Waals surface area contributed by atoms with Crippen LogP contribution < -0.4 is 0 Å². The van der Waals surface area contributed by atoms with E-state index in [0.717, 1.165) is 23.8 Å². The molecule has 8 unspecified atom stereocenters. The quantitative estimate of drug-likeness (QED) is 0.285. The first kappa shape index (κ1) is 20.3. The van der Waals surface area contributed by atoms with Gasteiger partial charge in [-0.25, -0.2) is 0 Å². The Morgan fingerprint density at radius 3 is 2.71 bits per heavy atom.